The first kappa shape index (κ1) is 19.4. The molecule has 2 aromatic carbocycles. The van der Waals surface area contributed by atoms with Crippen LogP contribution in [0.4, 0.5) is 5.82 Å². The van der Waals surface area contributed by atoms with E-state index in [1.807, 2.05) is 0 Å². The Morgan fingerprint density at radius 1 is 1.00 bits per heavy atom. The number of aromatic nitrogens is 1. The van der Waals surface area contributed by atoms with Gasteiger partial charge in [0.2, 0.25) is 0 Å². The van der Waals surface area contributed by atoms with Gasteiger partial charge in [0, 0.05) is 21.3 Å². The van der Waals surface area contributed by atoms with Gasteiger partial charge in [0.15, 0.2) is 0 Å². The van der Waals surface area contributed by atoms with Crippen LogP contribution in [0.3, 0.4) is 0 Å². The summed E-state index contributed by atoms with van der Waals surface area (Å²) in [7, 11) is 0. The molecule has 0 aliphatic carbocycles. The van der Waals surface area contributed by atoms with Crippen LogP contribution in [0.2, 0.25) is 5.02 Å². The molecule has 0 bridgehead atoms. The summed E-state index contributed by atoms with van der Waals surface area (Å²) in [6.07, 6.45) is 1.55. The molecule has 1 atom stereocenters. The van der Waals surface area contributed by atoms with Crippen molar-refractivity contribution in [2.24, 2.45) is 0 Å². The first-order valence-corrected chi connectivity index (χ1v) is 9.88. The van der Waals surface area contributed by atoms with Crippen LogP contribution in [-0.2, 0) is 9.59 Å². The molecule has 0 saturated carbocycles. The summed E-state index contributed by atoms with van der Waals surface area (Å²) in [6, 6.07) is 18.0. The number of aliphatic hydroxyl groups excluding tert-OH is 1. The highest BCUT2D eigenvalue weighted by atomic mass is 79.9. The molecule has 1 aliphatic rings. The lowest BCUT2D eigenvalue weighted by molar-refractivity contribution is -0.132. The number of nitrogens with zero attached hydrogens (tertiary/aromatic N) is 2. The average Bonchev–Trinajstić information content (AvgIpc) is 3.00. The van der Waals surface area contributed by atoms with E-state index >= 15 is 0 Å². The van der Waals surface area contributed by atoms with Crippen molar-refractivity contribution in [3.8, 4) is 0 Å². The summed E-state index contributed by atoms with van der Waals surface area (Å²) in [5, 5.41) is 11.5. The maximum absolute atomic E-state index is 12.9. The zero-order valence-corrected chi connectivity index (χ0v) is 17.3. The predicted octanol–water partition coefficient (Wildman–Crippen LogP) is 5.12. The topological polar surface area (TPSA) is 70.5 Å². The number of halogens is 2. The van der Waals surface area contributed by atoms with Crippen molar-refractivity contribution in [2.75, 3.05) is 4.90 Å². The third kappa shape index (κ3) is 3.57. The number of anilines is 1. The Hall–Kier alpha value is -2.96. The second-order valence-corrected chi connectivity index (χ2v) is 7.77. The van der Waals surface area contributed by atoms with Crippen LogP contribution in [0, 0.1) is 0 Å². The minimum absolute atomic E-state index is 0.00763. The fourth-order valence-corrected chi connectivity index (χ4v) is 3.65. The fourth-order valence-electron chi connectivity index (χ4n) is 3.29. The molecule has 1 saturated heterocycles. The van der Waals surface area contributed by atoms with Gasteiger partial charge >= 0.3 is 5.91 Å². The molecular weight excluding hydrogens is 456 g/mol. The van der Waals surface area contributed by atoms with Crippen LogP contribution in [0.15, 0.2) is 83.0 Å². The van der Waals surface area contributed by atoms with E-state index in [9.17, 15) is 14.7 Å². The number of Topliss-reactive ketones (excluding diaryl/α,β-unsaturated/α-hetero) is 1. The molecule has 3 aromatic rings. The molecule has 4 rings (SSSR count). The summed E-state index contributed by atoms with van der Waals surface area (Å²) in [5.41, 5.74) is 1.09. The number of hydrogen-bond donors (Lipinski definition) is 1. The van der Waals surface area contributed by atoms with Crippen LogP contribution < -0.4 is 4.90 Å². The van der Waals surface area contributed by atoms with Gasteiger partial charge in [-0.25, -0.2) is 4.98 Å². The summed E-state index contributed by atoms with van der Waals surface area (Å²) < 4.78 is 0.741. The van der Waals surface area contributed by atoms with Crippen molar-refractivity contribution in [1.29, 1.82) is 0 Å². The Kier molecular flexibility index (Phi) is 5.22. The Morgan fingerprint density at radius 3 is 2.31 bits per heavy atom. The highest BCUT2D eigenvalue weighted by Crippen LogP contribution is 2.41. The molecule has 144 valence electrons. The maximum atomic E-state index is 12.9. The highest BCUT2D eigenvalue weighted by Gasteiger charge is 2.47. The largest absolute Gasteiger partial charge is 0.507 e. The zero-order valence-electron chi connectivity index (χ0n) is 14.9. The fraction of sp³-hybridized carbons (Fsp3) is 0.0455. The number of amides is 1. The Labute approximate surface area is 180 Å². The first-order valence-electron chi connectivity index (χ1n) is 8.71. The molecule has 29 heavy (non-hydrogen) atoms. The molecular formula is C22H14BrClN2O3. The van der Waals surface area contributed by atoms with Crippen molar-refractivity contribution in [3.05, 3.63) is 99.1 Å². The van der Waals surface area contributed by atoms with Crippen molar-refractivity contribution < 1.29 is 14.7 Å². The third-order valence-electron chi connectivity index (χ3n) is 4.64. The van der Waals surface area contributed by atoms with Crippen molar-refractivity contribution in [1.82, 2.24) is 4.98 Å². The van der Waals surface area contributed by atoms with Gasteiger partial charge in [0.1, 0.15) is 11.6 Å². The molecule has 5 nitrogen and oxygen atoms in total. The number of benzene rings is 2. The molecule has 1 amide bonds. The standard InChI is InChI=1S/C22H14BrClN2O3/c23-15-8-11-17(25-12-15)26-19(13-6-9-16(24)10-7-13)18(21(28)22(26)29)20(27)14-4-2-1-3-5-14/h1-12,19,27H/b20-18+/t19-/m0/s1. The van der Waals surface area contributed by atoms with Crippen LogP contribution >= 0.6 is 27.5 Å². The second-order valence-electron chi connectivity index (χ2n) is 6.42. The Morgan fingerprint density at radius 2 is 1.69 bits per heavy atom. The van der Waals surface area contributed by atoms with E-state index in [2.05, 4.69) is 20.9 Å². The van der Waals surface area contributed by atoms with Gasteiger partial charge in [0.25, 0.3) is 5.78 Å². The SMILES string of the molecule is O=C1C(=O)N(c2ccc(Br)cn2)[C@@H](c2ccc(Cl)cc2)/C1=C(\O)c1ccccc1. The van der Waals surface area contributed by atoms with Crippen molar-refractivity contribution in [2.45, 2.75) is 6.04 Å². The molecule has 1 aromatic heterocycles. The van der Waals surface area contributed by atoms with E-state index in [0.717, 1.165) is 4.47 Å². The van der Waals surface area contributed by atoms with E-state index in [0.29, 0.717) is 22.0 Å². The smallest absolute Gasteiger partial charge is 0.301 e. The van der Waals surface area contributed by atoms with Gasteiger partial charge in [0.05, 0.1) is 11.6 Å². The lowest BCUT2D eigenvalue weighted by atomic mass is 9.95. The minimum atomic E-state index is -0.832. The highest BCUT2D eigenvalue weighted by molar-refractivity contribution is 9.10. The van der Waals surface area contributed by atoms with Crippen LogP contribution in [0.5, 0.6) is 0 Å². The number of carbonyl (C=O) groups excluding carboxylic acids is 2. The summed E-state index contributed by atoms with van der Waals surface area (Å²) in [6.45, 7) is 0. The van der Waals surface area contributed by atoms with Gasteiger partial charge in [-0.2, -0.15) is 0 Å². The van der Waals surface area contributed by atoms with Crippen LogP contribution in [0.1, 0.15) is 17.2 Å². The first-order chi connectivity index (χ1) is 14.0. The molecule has 2 heterocycles. The van der Waals surface area contributed by atoms with E-state index < -0.39 is 17.7 Å². The van der Waals surface area contributed by atoms with Gasteiger partial charge in [-0.1, -0.05) is 54.1 Å². The number of pyridine rings is 1. The number of hydrogen-bond acceptors (Lipinski definition) is 4. The second kappa shape index (κ2) is 7.81. The monoisotopic (exact) mass is 468 g/mol. The Bertz CT molecular complexity index is 1110. The quantitative estimate of drug-likeness (QED) is 0.328. The maximum Gasteiger partial charge on any atom is 0.301 e. The minimum Gasteiger partial charge on any atom is -0.507 e. The lowest BCUT2D eigenvalue weighted by Crippen LogP contribution is -2.30. The van der Waals surface area contributed by atoms with E-state index in [4.69, 9.17) is 11.6 Å². The molecule has 0 unspecified atom stereocenters. The Balaban J connectivity index is 1.94. The zero-order chi connectivity index (χ0) is 20.5. The van der Waals surface area contributed by atoms with Gasteiger partial charge in [-0.3, -0.25) is 14.5 Å². The van der Waals surface area contributed by atoms with E-state index in [-0.39, 0.29) is 11.3 Å². The van der Waals surface area contributed by atoms with Gasteiger partial charge in [-0.15, -0.1) is 0 Å². The van der Waals surface area contributed by atoms with Crippen LogP contribution in [0.25, 0.3) is 5.76 Å². The lowest BCUT2D eigenvalue weighted by Gasteiger charge is -2.24. The van der Waals surface area contributed by atoms with Crippen molar-refractivity contribution >= 4 is 50.8 Å². The van der Waals surface area contributed by atoms with Crippen LogP contribution in [-0.4, -0.2) is 21.8 Å². The number of aliphatic hydroxyl groups is 1. The van der Waals surface area contributed by atoms with E-state index in [1.165, 1.54) is 4.90 Å². The van der Waals surface area contributed by atoms with Crippen molar-refractivity contribution in [3.63, 3.8) is 0 Å². The number of ketones is 1. The summed E-state index contributed by atoms with van der Waals surface area (Å²) >= 11 is 9.33. The van der Waals surface area contributed by atoms with Gasteiger partial charge in [-0.05, 0) is 45.8 Å². The summed E-state index contributed by atoms with van der Waals surface area (Å²) in [4.78, 5) is 31.5. The van der Waals surface area contributed by atoms with Gasteiger partial charge < -0.3 is 5.11 Å². The summed E-state index contributed by atoms with van der Waals surface area (Å²) in [5.74, 6) is -1.45. The molecule has 0 radical (unpaired) electrons. The predicted molar refractivity (Wildman–Crippen MR) is 115 cm³/mol. The third-order valence-corrected chi connectivity index (χ3v) is 5.36. The number of rotatable bonds is 3. The normalized spacial score (nSPS) is 18.3. The molecule has 1 N–H and O–H groups in total. The molecule has 0 spiro atoms. The average molecular weight is 470 g/mol. The molecule has 1 aliphatic heterocycles. The van der Waals surface area contributed by atoms with E-state index in [1.54, 1.807) is 72.9 Å². The molecule has 1 fully saturated rings. The molecule has 7 heteroatoms. The number of carbonyl (C=O) groups is 2.